The van der Waals surface area contributed by atoms with Gasteiger partial charge < -0.3 is 9.47 Å². The number of benzene rings is 3. The summed E-state index contributed by atoms with van der Waals surface area (Å²) in [5, 5.41) is 0.653. The summed E-state index contributed by atoms with van der Waals surface area (Å²) in [6, 6.07) is 15.0. The van der Waals surface area contributed by atoms with E-state index in [-0.39, 0.29) is 19.7 Å². The van der Waals surface area contributed by atoms with Gasteiger partial charge in [0.25, 0.3) is 0 Å². The fourth-order valence-corrected chi connectivity index (χ4v) is 4.98. The van der Waals surface area contributed by atoms with E-state index in [9.17, 15) is 17.2 Å². The summed E-state index contributed by atoms with van der Waals surface area (Å²) in [6.07, 6.45) is 0. The molecule has 0 unspecified atom stereocenters. The Balaban J connectivity index is 1.49. The van der Waals surface area contributed by atoms with E-state index in [4.69, 9.17) is 21.1 Å². The zero-order chi connectivity index (χ0) is 22.7. The van der Waals surface area contributed by atoms with Crippen LogP contribution in [0.4, 0.5) is 8.78 Å². The van der Waals surface area contributed by atoms with Crippen LogP contribution in [0, 0.1) is 11.6 Å². The summed E-state index contributed by atoms with van der Waals surface area (Å²) in [5.74, 6) is -1.33. The molecular weight excluding hydrogens is 460 g/mol. The lowest BCUT2D eigenvalue weighted by molar-refractivity contribution is 0.107. The molecule has 0 saturated heterocycles. The van der Waals surface area contributed by atoms with E-state index in [1.165, 1.54) is 0 Å². The van der Waals surface area contributed by atoms with Crippen LogP contribution in [0.15, 0.2) is 65.6 Å². The second-order valence-electron chi connectivity index (χ2n) is 7.35. The Kier molecular flexibility index (Phi) is 6.76. The van der Waals surface area contributed by atoms with E-state index in [0.29, 0.717) is 35.6 Å². The molecule has 1 aliphatic heterocycles. The first-order valence-electron chi connectivity index (χ1n) is 9.84. The number of rotatable bonds is 6. The third-order valence-corrected chi connectivity index (χ3v) is 7.07. The van der Waals surface area contributed by atoms with Crippen LogP contribution in [0.3, 0.4) is 0 Å². The summed E-state index contributed by atoms with van der Waals surface area (Å²) in [7, 11) is -4.11. The lowest BCUT2D eigenvalue weighted by atomic mass is 10.1. The predicted octanol–water partition coefficient (Wildman–Crippen LogP) is 4.92. The Bertz CT molecular complexity index is 1200. The number of sulfonamides is 1. The molecule has 5 nitrogen and oxygen atoms in total. The van der Waals surface area contributed by atoms with Crippen molar-refractivity contribution in [2.45, 2.75) is 24.7 Å². The number of halogens is 3. The zero-order valence-corrected chi connectivity index (χ0v) is 18.5. The molecule has 1 aliphatic rings. The van der Waals surface area contributed by atoms with Crippen molar-refractivity contribution in [2.24, 2.45) is 0 Å². The van der Waals surface area contributed by atoms with Crippen molar-refractivity contribution in [3.63, 3.8) is 0 Å². The molecule has 32 heavy (non-hydrogen) atoms. The van der Waals surface area contributed by atoms with Gasteiger partial charge in [0.05, 0.1) is 18.1 Å². The van der Waals surface area contributed by atoms with Crippen molar-refractivity contribution in [1.82, 2.24) is 4.31 Å². The Labute approximate surface area is 190 Å². The first-order chi connectivity index (χ1) is 15.3. The highest BCUT2D eigenvalue weighted by Crippen LogP contribution is 2.28. The van der Waals surface area contributed by atoms with Gasteiger partial charge >= 0.3 is 0 Å². The Morgan fingerprint density at radius 3 is 2.31 bits per heavy atom. The van der Waals surface area contributed by atoms with Crippen molar-refractivity contribution in [3.05, 3.63) is 94.0 Å². The van der Waals surface area contributed by atoms with Crippen LogP contribution >= 0.6 is 11.6 Å². The van der Waals surface area contributed by atoms with Gasteiger partial charge in [0.15, 0.2) is 0 Å². The molecule has 3 aromatic carbocycles. The van der Waals surface area contributed by atoms with Gasteiger partial charge in [-0.25, -0.2) is 17.2 Å². The normalized spacial score (nSPS) is 14.5. The molecule has 0 atom stereocenters. The highest BCUT2D eigenvalue weighted by atomic mass is 35.5. The molecule has 0 saturated carbocycles. The first kappa shape index (κ1) is 22.7. The average Bonchev–Trinajstić information content (AvgIpc) is 2.97. The molecule has 0 amide bonds. The van der Waals surface area contributed by atoms with Crippen LogP contribution in [-0.2, 0) is 34.5 Å². The van der Waals surface area contributed by atoms with Crippen molar-refractivity contribution in [1.29, 1.82) is 0 Å². The standard InChI is InChI=1S/C23H20ClF2NO4S/c24-19-4-1-16(2-5-19)14-30-15-17-3-6-23-18(9-17)13-27(7-8-31-23)32(28,29)22-11-20(25)10-21(26)12-22/h1-6,9-12H,7-8,13-15H2. The zero-order valence-electron chi connectivity index (χ0n) is 16.9. The smallest absolute Gasteiger partial charge is 0.243 e. The molecule has 9 heteroatoms. The largest absolute Gasteiger partial charge is 0.492 e. The second-order valence-corrected chi connectivity index (χ2v) is 9.73. The summed E-state index contributed by atoms with van der Waals surface area (Å²) >= 11 is 5.88. The molecule has 0 fully saturated rings. The van der Waals surface area contributed by atoms with Crippen molar-refractivity contribution in [2.75, 3.05) is 13.2 Å². The van der Waals surface area contributed by atoms with E-state index in [1.54, 1.807) is 18.2 Å². The van der Waals surface area contributed by atoms with Crippen LogP contribution in [0.2, 0.25) is 5.02 Å². The summed E-state index contributed by atoms with van der Waals surface area (Å²) in [6.45, 7) is 0.906. The number of ether oxygens (including phenoxy) is 2. The minimum absolute atomic E-state index is 0.0147. The molecule has 0 radical (unpaired) electrons. The van der Waals surface area contributed by atoms with E-state index in [2.05, 4.69) is 0 Å². The van der Waals surface area contributed by atoms with Crippen molar-refractivity contribution in [3.8, 4) is 5.75 Å². The third-order valence-electron chi connectivity index (χ3n) is 4.99. The molecule has 0 aromatic heterocycles. The molecule has 3 aromatic rings. The van der Waals surface area contributed by atoms with Gasteiger partial charge in [-0.15, -0.1) is 0 Å². The fourth-order valence-electron chi connectivity index (χ4n) is 3.41. The average molecular weight is 480 g/mol. The Morgan fingerprint density at radius 1 is 0.938 bits per heavy atom. The topological polar surface area (TPSA) is 55.8 Å². The number of hydrogen-bond acceptors (Lipinski definition) is 4. The summed E-state index contributed by atoms with van der Waals surface area (Å²) in [5.41, 5.74) is 2.47. The van der Waals surface area contributed by atoms with Gasteiger partial charge in [0.2, 0.25) is 10.0 Å². The van der Waals surface area contributed by atoms with Gasteiger partial charge in [-0.2, -0.15) is 4.31 Å². The predicted molar refractivity (Wildman–Crippen MR) is 116 cm³/mol. The Hall–Kier alpha value is -2.52. The van der Waals surface area contributed by atoms with Gasteiger partial charge in [0, 0.05) is 29.7 Å². The maximum Gasteiger partial charge on any atom is 0.243 e. The molecule has 0 N–H and O–H groups in total. The van der Waals surface area contributed by atoms with Crippen molar-refractivity contribution < 1.29 is 26.7 Å². The summed E-state index contributed by atoms with van der Waals surface area (Å²) < 4.78 is 65.8. The minimum atomic E-state index is -4.11. The quantitative estimate of drug-likeness (QED) is 0.503. The molecular formula is C23H20ClF2NO4S. The molecule has 0 spiro atoms. The monoisotopic (exact) mass is 479 g/mol. The summed E-state index contributed by atoms with van der Waals surface area (Å²) in [4.78, 5) is -0.430. The third kappa shape index (κ3) is 5.27. The number of fused-ring (bicyclic) bond motifs is 1. The molecule has 0 aliphatic carbocycles. The SMILES string of the molecule is O=S(=O)(c1cc(F)cc(F)c1)N1CCOc2ccc(COCc3ccc(Cl)cc3)cc2C1. The molecule has 4 rings (SSSR count). The minimum Gasteiger partial charge on any atom is -0.492 e. The van der Waals surface area contributed by atoms with Crippen LogP contribution < -0.4 is 4.74 Å². The van der Waals surface area contributed by atoms with E-state index in [1.807, 2.05) is 24.3 Å². The molecule has 1 heterocycles. The lowest BCUT2D eigenvalue weighted by Crippen LogP contribution is -2.32. The van der Waals surface area contributed by atoms with Gasteiger partial charge in [-0.3, -0.25) is 0 Å². The van der Waals surface area contributed by atoms with E-state index >= 15 is 0 Å². The maximum absolute atomic E-state index is 13.6. The van der Waals surface area contributed by atoms with Crippen LogP contribution in [-0.4, -0.2) is 25.9 Å². The molecule has 0 bridgehead atoms. The van der Waals surface area contributed by atoms with Crippen LogP contribution in [0.5, 0.6) is 5.75 Å². The maximum atomic E-state index is 13.6. The first-order valence-corrected chi connectivity index (χ1v) is 11.7. The van der Waals surface area contributed by atoms with E-state index in [0.717, 1.165) is 27.6 Å². The van der Waals surface area contributed by atoms with E-state index < -0.39 is 26.6 Å². The fraction of sp³-hybridized carbons (Fsp3) is 0.217. The van der Waals surface area contributed by atoms with Crippen LogP contribution in [0.1, 0.15) is 16.7 Å². The van der Waals surface area contributed by atoms with Gasteiger partial charge in [-0.1, -0.05) is 29.8 Å². The highest BCUT2D eigenvalue weighted by molar-refractivity contribution is 7.89. The van der Waals surface area contributed by atoms with Crippen molar-refractivity contribution >= 4 is 21.6 Å². The van der Waals surface area contributed by atoms with Crippen LogP contribution in [0.25, 0.3) is 0 Å². The molecule has 168 valence electrons. The second kappa shape index (κ2) is 9.54. The highest BCUT2D eigenvalue weighted by Gasteiger charge is 2.28. The lowest BCUT2D eigenvalue weighted by Gasteiger charge is -2.20. The Morgan fingerprint density at radius 2 is 1.59 bits per heavy atom. The van der Waals surface area contributed by atoms with Gasteiger partial charge in [-0.05, 0) is 47.5 Å². The number of hydrogen-bond donors (Lipinski definition) is 0. The van der Waals surface area contributed by atoms with Gasteiger partial charge in [0.1, 0.15) is 24.0 Å². The number of nitrogens with zero attached hydrogens (tertiary/aromatic N) is 1.